The fourth-order valence-corrected chi connectivity index (χ4v) is 2.92. The summed E-state index contributed by atoms with van der Waals surface area (Å²) in [6, 6.07) is 13.5. The van der Waals surface area contributed by atoms with E-state index in [-0.39, 0.29) is 11.4 Å². The Morgan fingerprint density at radius 3 is 2.59 bits per heavy atom. The molecule has 3 rings (SSSR count). The van der Waals surface area contributed by atoms with Crippen LogP contribution in [0.1, 0.15) is 38.7 Å². The van der Waals surface area contributed by atoms with Gasteiger partial charge in [0.05, 0.1) is 16.6 Å². The molecule has 1 heterocycles. The number of hydrogen-bond acceptors (Lipinski definition) is 4. The van der Waals surface area contributed by atoms with Crippen LogP contribution in [0.15, 0.2) is 58.4 Å². The second-order valence-electron chi connectivity index (χ2n) is 6.28. The van der Waals surface area contributed by atoms with Gasteiger partial charge in [-0.05, 0) is 49.6 Å². The zero-order chi connectivity index (χ0) is 19.2. The average Bonchev–Trinajstić information content (AvgIpc) is 2.69. The van der Waals surface area contributed by atoms with Crippen molar-refractivity contribution < 1.29 is 4.39 Å². The Labute approximate surface area is 157 Å². The van der Waals surface area contributed by atoms with Crippen LogP contribution in [0.25, 0.3) is 10.9 Å². The Morgan fingerprint density at radius 2 is 1.89 bits per heavy atom. The third-order valence-corrected chi connectivity index (χ3v) is 4.41. The van der Waals surface area contributed by atoms with Crippen molar-refractivity contribution in [2.45, 2.75) is 39.7 Å². The van der Waals surface area contributed by atoms with Gasteiger partial charge < -0.3 is 0 Å². The molecule has 0 saturated heterocycles. The van der Waals surface area contributed by atoms with Gasteiger partial charge in [-0.25, -0.2) is 14.8 Å². The average molecular weight is 366 g/mol. The van der Waals surface area contributed by atoms with Crippen molar-refractivity contribution in [3.05, 3.63) is 70.3 Å². The van der Waals surface area contributed by atoms with E-state index in [0.717, 1.165) is 30.5 Å². The van der Waals surface area contributed by atoms with Crippen LogP contribution in [0.3, 0.4) is 0 Å². The number of anilines is 1. The Hall–Kier alpha value is -3.02. The standard InChI is InChI=1S/C21H23FN4O/c1-3-5-9-18(15-11-13-16(22)14-12-15)24-25-21-23-19-10-7-6-8-17(19)20(27)26(21)4-2/h6-8,10-14H,3-5,9H2,1-2H3,(H,23,25)/b24-18-. The van der Waals surface area contributed by atoms with Crippen LogP contribution >= 0.6 is 0 Å². The van der Waals surface area contributed by atoms with Crippen molar-refractivity contribution in [1.82, 2.24) is 9.55 Å². The number of halogens is 1. The van der Waals surface area contributed by atoms with Crippen molar-refractivity contribution >= 4 is 22.6 Å². The molecule has 0 radical (unpaired) electrons. The molecule has 3 aromatic rings. The first-order valence-corrected chi connectivity index (χ1v) is 9.22. The van der Waals surface area contributed by atoms with Gasteiger partial charge in [-0.3, -0.25) is 9.36 Å². The first kappa shape index (κ1) is 18.8. The monoisotopic (exact) mass is 366 g/mol. The molecule has 0 aliphatic carbocycles. The molecule has 0 unspecified atom stereocenters. The molecule has 0 amide bonds. The van der Waals surface area contributed by atoms with Crippen LogP contribution in [0.5, 0.6) is 0 Å². The SMILES string of the molecule is CCCC/C(=N/Nc1nc2ccccc2c(=O)n1CC)c1ccc(F)cc1. The third kappa shape index (κ3) is 4.22. The van der Waals surface area contributed by atoms with Crippen molar-refractivity contribution in [2.24, 2.45) is 5.10 Å². The van der Waals surface area contributed by atoms with Crippen molar-refractivity contribution in [1.29, 1.82) is 0 Å². The van der Waals surface area contributed by atoms with Gasteiger partial charge in [-0.2, -0.15) is 5.10 Å². The van der Waals surface area contributed by atoms with E-state index in [1.807, 2.05) is 25.1 Å². The number of unbranched alkanes of at least 4 members (excludes halogenated alkanes) is 1. The highest BCUT2D eigenvalue weighted by atomic mass is 19.1. The molecule has 0 atom stereocenters. The highest BCUT2D eigenvalue weighted by Gasteiger charge is 2.10. The Balaban J connectivity index is 2.00. The van der Waals surface area contributed by atoms with Crippen LogP contribution in [0, 0.1) is 5.82 Å². The Kier molecular flexibility index (Phi) is 5.96. The lowest BCUT2D eigenvalue weighted by molar-refractivity contribution is 0.627. The minimum absolute atomic E-state index is 0.0994. The van der Waals surface area contributed by atoms with Crippen LogP contribution < -0.4 is 11.0 Å². The van der Waals surface area contributed by atoms with E-state index in [9.17, 15) is 9.18 Å². The largest absolute Gasteiger partial charge is 0.277 e. The molecular formula is C21H23FN4O. The zero-order valence-electron chi connectivity index (χ0n) is 15.6. The van der Waals surface area contributed by atoms with Crippen LogP contribution in [0.4, 0.5) is 10.3 Å². The lowest BCUT2D eigenvalue weighted by Gasteiger charge is -2.12. The minimum atomic E-state index is -0.280. The predicted molar refractivity (Wildman–Crippen MR) is 108 cm³/mol. The van der Waals surface area contributed by atoms with Gasteiger partial charge in [0.2, 0.25) is 5.95 Å². The van der Waals surface area contributed by atoms with E-state index in [1.165, 1.54) is 12.1 Å². The summed E-state index contributed by atoms with van der Waals surface area (Å²) in [5, 5.41) is 5.09. The molecule has 0 aliphatic heterocycles. The lowest BCUT2D eigenvalue weighted by Crippen LogP contribution is -2.23. The Morgan fingerprint density at radius 1 is 1.15 bits per heavy atom. The fraction of sp³-hybridized carbons (Fsp3) is 0.286. The van der Waals surface area contributed by atoms with Crippen LogP contribution in [-0.2, 0) is 6.54 Å². The number of rotatable bonds is 7. The summed E-state index contributed by atoms with van der Waals surface area (Å²) >= 11 is 0. The molecule has 6 heteroatoms. The van der Waals surface area contributed by atoms with Crippen molar-refractivity contribution in [3.8, 4) is 0 Å². The van der Waals surface area contributed by atoms with Crippen LogP contribution in [-0.4, -0.2) is 15.3 Å². The quantitative estimate of drug-likeness (QED) is 0.492. The van der Waals surface area contributed by atoms with E-state index in [4.69, 9.17) is 0 Å². The highest BCUT2D eigenvalue weighted by Crippen LogP contribution is 2.13. The first-order valence-electron chi connectivity index (χ1n) is 9.22. The van der Waals surface area contributed by atoms with Gasteiger partial charge >= 0.3 is 0 Å². The molecule has 0 fully saturated rings. The number of hydrogen-bond donors (Lipinski definition) is 1. The van der Waals surface area contributed by atoms with Gasteiger partial charge in [-0.1, -0.05) is 37.6 Å². The zero-order valence-corrected chi connectivity index (χ0v) is 15.6. The van der Waals surface area contributed by atoms with E-state index in [0.29, 0.717) is 23.4 Å². The normalized spacial score (nSPS) is 11.7. The molecule has 5 nitrogen and oxygen atoms in total. The van der Waals surface area contributed by atoms with Gasteiger partial charge in [0, 0.05) is 6.54 Å². The number of benzene rings is 2. The maximum Gasteiger partial charge on any atom is 0.262 e. The van der Waals surface area contributed by atoms with E-state index in [1.54, 1.807) is 22.8 Å². The smallest absolute Gasteiger partial charge is 0.262 e. The summed E-state index contributed by atoms with van der Waals surface area (Å²) in [7, 11) is 0. The van der Waals surface area contributed by atoms with E-state index in [2.05, 4.69) is 22.4 Å². The molecule has 0 spiro atoms. The van der Waals surface area contributed by atoms with Gasteiger partial charge in [-0.15, -0.1) is 0 Å². The maximum atomic E-state index is 13.2. The van der Waals surface area contributed by atoms with E-state index < -0.39 is 0 Å². The Bertz CT molecular complexity index is 1010. The molecule has 0 aliphatic rings. The third-order valence-electron chi connectivity index (χ3n) is 4.41. The molecule has 2 aromatic carbocycles. The number of hydrazone groups is 1. The fourth-order valence-electron chi connectivity index (χ4n) is 2.92. The highest BCUT2D eigenvalue weighted by molar-refractivity contribution is 6.00. The second kappa shape index (κ2) is 8.58. The topological polar surface area (TPSA) is 59.3 Å². The summed E-state index contributed by atoms with van der Waals surface area (Å²) in [5.74, 6) is 0.120. The predicted octanol–water partition coefficient (Wildman–Crippen LogP) is 4.56. The molecule has 140 valence electrons. The molecule has 27 heavy (non-hydrogen) atoms. The minimum Gasteiger partial charge on any atom is -0.277 e. The number of fused-ring (bicyclic) bond motifs is 1. The molecule has 1 N–H and O–H groups in total. The first-order chi connectivity index (χ1) is 13.1. The summed E-state index contributed by atoms with van der Waals surface area (Å²) in [5.41, 5.74) is 5.15. The van der Waals surface area contributed by atoms with Crippen LogP contribution in [0.2, 0.25) is 0 Å². The van der Waals surface area contributed by atoms with E-state index >= 15 is 0 Å². The number of para-hydroxylation sites is 1. The summed E-state index contributed by atoms with van der Waals surface area (Å²) in [6.07, 6.45) is 2.73. The maximum absolute atomic E-state index is 13.2. The second-order valence-corrected chi connectivity index (χ2v) is 6.28. The summed E-state index contributed by atoms with van der Waals surface area (Å²) < 4.78 is 14.8. The summed E-state index contributed by atoms with van der Waals surface area (Å²) in [4.78, 5) is 17.2. The van der Waals surface area contributed by atoms with Crippen molar-refractivity contribution in [2.75, 3.05) is 5.43 Å². The number of nitrogens with one attached hydrogen (secondary N) is 1. The molecule has 1 aromatic heterocycles. The van der Waals surface area contributed by atoms with Gasteiger partial charge in [0.25, 0.3) is 5.56 Å². The van der Waals surface area contributed by atoms with Gasteiger partial charge in [0.15, 0.2) is 0 Å². The summed E-state index contributed by atoms with van der Waals surface area (Å²) in [6.45, 7) is 4.48. The molecule has 0 saturated carbocycles. The van der Waals surface area contributed by atoms with Crippen molar-refractivity contribution in [3.63, 3.8) is 0 Å². The lowest BCUT2D eigenvalue weighted by atomic mass is 10.1. The molecule has 0 bridgehead atoms. The molecular weight excluding hydrogens is 343 g/mol. The number of aromatic nitrogens is 2. The number of nitrogens with zero attached hydrogens (tertiary/aromatic N) is 3. The van der Waals surface area contributed by atoms with Gasteiger partial charge in [0.1, 0.15) is 5.82 Å².